The van der Waals surface area contributed by atoms with Crippen molar-refractivity contribution in [3.05, 3.63) is 29.6 Å². The highest BCUT2D eigenvalue weighted by molar-refractivity contribution is 5.97. The van der Waals surface area contributed by atoms with Crippen LogP contribution < -0.4 is 0 Å². The van der Waals surface area contributed by atoms with Crippen molar-refractivity contribution in [2.24, 2.45) is 0 Å². The number of ether oxygens (including phenoxy) is 1. The molecule has 21 heavy (non-hydrogen) atoms. The fraction of sp³-hybridized carbons (Fsp3) is 0.400. The predicted octanol–water partition coefficient (Wildman–Crippen LogP) is 1.17. The van der Waals surface area contributed by atoms with Gasteiger partial charge in [-0.05, 0) is 25.1 Å². The lowest BCUT2D eigenvalue weighted by atomic mass is 10.1. The van der Waals surface area contributed by atoms with Gasteiger partial charge in [0.1, 0.15) is 11.6 Å². The van der Waals surface area contributed by atoms with E-state index in [1.165, 1.54) is 6.92 Å². The second-order valence-electron chi connectivity index (χ2n) is 5.20. The molecular formula is C15H17N3O3. The summed E-state index contributed by atoms with van der Waals surface area (Å²) in [7, 11) is 0. The van der Waals surface area contributed by atoms with Gasteiger partial charge in [-0.1, -0.05) is 0 Å². The quantitative estimate of drug-likeness (QED) is 0.919. The summed E-state index contributed by atoms with van der Waals surface area (Å²) in [4.78, 5) is 32.8. The van der Waals surface area contributed by atoms with Crippen molar-refractivity contribution < 1.29 is 14.3 Å². The standard InChI is InChI=1S/C15H17N3O3/c1-10(19)8-14-16-12-3-2-11(9-13(12)17-14)15(20)18-4-6-21-7-5-18/h2-3,9H,4-8H2,1H3,(H,16,17). The van der Waals surface area contributed by atoms with E-state index in [1.54, 1.807) is 17.0 Å². The number of Topliss-reactive ketones (excluding diaryl/α,β-unsaturated/α-hetero) is 1. The normalized spacial score (nSPS) is 15.4. The summed E-state index contributed by atoms with van der Waals surface area (Å²) in [5.41, 5.74) is 2.18. The molecule has 0 saturated carbocycles. The second-order valence-corrected chi connectivity index (χ2v) is 5.20. The molecule has 0 unspecified atom stereocenters. The van der Waals surface area contributed by atoms with Crippen LogP contribution in [-0.4, -0.2) is 52.9 Å². The van der Waals surface area contributed by atoms with E-state index < -0.39 is 0 Å². The number of carbonyl (C=O) groups excluding carboxylic acids is 2. The van der Waals surface area contributed by atoms with Gasteiger partial charge in [-0.3, -0.25) is 9.59 Å². The number of aromatic nitrogens is 2. The fourth-order valence-electron chi connectivity index (χ4n) is 2.46. The molecule has 2 aromatic rings. The third kappa shape index (κ3) is 2.95. The van der Waals surface area contributed by atoms with E-state index in [4.69, 9.17) is 4.74 Å². The Hall–Kier alpha value is -2.21. The van der Waals surface area contributed by atoms with Crippen LogP contribution in [0.25, 0.3) is 11.0 Å². The SMILES string of the molecule is CC(=O)Cc1nc2ccc(C(=O)N3CCOCC3)cc2[nH]1. The number of fused-ring (bicyclic) bond motifs is 1. The van der Waals surface area contributed by atoms with Crippen LogP contribution in [0.15, 0.2) is 18.2 Å². The minimum absolute atomic E-state index is 0.00270. The Kier molecular flexibility index (Phi) is 3.70. The topological polar surface area (TPSA) is 75.3 Å². The maximum atomic E-state index is 12.4. The van der Waals surface area contributed by atoms with Gasteiger partial charge in [0.25, 0.3) is 5.91 Å². The number of carbonyl (C=O) groups is 2. The zero-order valence-corrected chi connectivity index (χ0v) is 11.9. The first-order valence-corrected chi connectivity index (χ1v) is 6.98. The molecule has 1 saturated heterocycles. The van der Waals surface area contributed by atoms with Crippen LogP contribution in [0, 0.1) is 0 Å². The van der Waals surface area contributed by atoms with Crippen molar-refractivity contribution >= 4 is 22.7 Å². The zero-order chi connectivity index (χ0) is 14.8. The summed E-state index contributed by atoms with van der Waals surface area (Å²) in [6, 6.07) is 5.38. The minimum atomic E-state index is 0.00270. The van der Waals surface area contributed by atoms with E-state index in [0.29, 0.717) is 37.7 Å². The Balaban J connectivity index is 1.85. The highest BCUT2D eigenvalue weighted by Crippen LogP contribution is 2.16. The summed E-state index contributed by atoms with van der Waals surface area (Å²) in [6.07, 6.45) is 0.279. The van der Waals surface area contributed by atoms with E-state index in [1.807, 2.05) is 6.07 Å². The fourth-order valence-corrected chi connectivity index (χ4v) is 2.46. The van der Waals surface area contributed by atoms with E-state index in [9.17, 15) is 9.59 Å². The van der Waals surface area contributed by atoms with Crippen LogP contribution >= 0.6 is 0 Å². The Labute approximate surface area is 122 Å². The van der Waals surface area contributed by atoms with Gasteiger partial charge in [-0.25, -0.2) is 4.98 Å². The molecule has 2 heterocycles. The number of hydrogen-bond acceptors (Lipinski definition) is 4. The molecule has 1 N–H and O–H groups in total. The van der Waals surface area contributed by atoms with Crippen molar-refractivity contribution in [2.45, 2.75) is 13.3 Å². The molecule has 1 aliphatic rings. The molecule has 1 aromatic carbocycles. The molecule has 1 fully saturated rings. The first-order chi connectivity index (χ1) is 10.1. The third-order valence-electron chi connectivity index (χ3n) is 3.49. The molecular weight excluding hydrogens is 270 g/mol. The second kappa shape index (κ2) is 5.65. The van der Waals surface area contributed by atoms with Crippen LogP contribution in [0.1, 0.15) is 23.1 Å². The number of nitrogens with one attached hydrogen (secondary N) is 1. The smallest absolute Gasteiger partial charge is 0.254 e. The number of hydrogen-bond donors (Lipinski definition) is 1. The molecule has 110 valence electrons. The van der Waals surface area contributed by atoms with Gasteiger partial charge >= 0.3 is 0 Å². The summed E-state index contributed by atoms with van der Waals surface area (Å²) in [6.45, 7) is 3.94. The Bertz CT molecular complexity index is 687. The largest absolute Gasteiger partial charge is 0.378 e. The summed E-state index contributed by atoms with van der Waals surface area (Å²) in [5, 5.41) is 0. The van der Waals surface area contributed by atoms with E-state index >= 15 is 0 Å². The van der Waals surface area contributed by atoms with Crippen LogP contribution in [0.3, 0.4) is 0 Å². The monoisotopic (exact) mass is 287 g/mol. The average Bonchev–Trinajstić information content (AvgIpc) is 2.87. The number of nitrogens with zero attached hydrogens (tertiary/aromatic N) is 2. The number of imidazole rings is 1. The van der Waals surface area contributed by atoms with E-state index in [2.05, 4.69) is 9.97 Å². The highest BCUT2D eigenvalue weighted by atomic mass is 16.5. The maximum Gasteiger partial charge on any atom is 0.254 e. The number of benzene rings is 1. The van der Waals surface area contributed by atoms with Crippen molar-refractivity contribution in [1.29, 1.82) is 0 Å². The Morgan fingerprint density at radius 2 is 2.10 bits per heavy atom. The van der Waals surface area contributed by atoms with Crippen molar-refractivity contribution in [2.75, 3.05) is 26.3 Å². The Morgan fingerprint density at radius 1 is 1.33 bits per heavy atom. The number of aromatic amines is 1. The molecule has 0 aliphatic carbocycles. The highest BCUT2D eigenvalue weighted by Gasteiger charge is 2.19. The van der Waals surface area contributed by atoms with Crippen LogP contribution in [0.5, 0.6) is 0 Å². The first kappa shape index (κ1) is 13.8. The number of amides is 1. The predicted molar refractivity (Wildman–Crippen MR) is 77.2 cm³/mol. The molecule has 1 aliphatic heterocycles. The number of morpholine rings is 1. The Morgan fingerprint density at radius 3 is 2.81 bits per heavy atom. The minimum Gasteiger partial charge on any atom is -0.378 e. The lowest BCUT2D eigenvalue weighted by Gasteiger charge is -2.26. The van der Waals surface area contributed by atoms with Gasteiger partial charge in [0.2, 0.25) is 0 Å². The molecule has 6 heteroatoms. The number of H-pyrrole nitrogens is 1. The van der Waals surface area contributed by atoms with Gasteiger partial charge < -0.3 is 14.6 Å². The molecule has 1 aromatic heterocycles. The average molecular weight is 287 g/mol. The summed E-state index contributed by atoms with van der Waals surface area (Å²) < 4.78 is 5.25. The van der Waals surface area contributed by atoms with E-state index in [-0.39, 0.29) is 18.1 Å². The van der Waals surface area contributed by atoms with Gasteiger partial charge in [0.15, 0.2) is 0 Å². The third-order valence-corrected chi connectivity index (χ3v) is 3.49. The molecule has 0 radical (unpaired) electrons. The van der Waals surface area contributed by atoms with Gasteiger partial charge in [0.05, 0.1) is 30.7 Å². The molecule has 6 nitrogen and oxygen atoms in total. The van der Waals surface area contributed by atoms with Crippen molar-refractivity contribution in [3.8, 4) is 0 Å². The van der Waals surface area contributed by atoms with Gasteiger partial charge in [0, 0.05) is 18.7 Å². The summed E-state index contributed by atoms with van der Waals surface area (Å²) in [5.74, 6) is 0.690. The first-order valence-electron chi connectivity index (χ1n) is 6.98. The number of rotatable bonds is 3. The van der Waals surface area contributed by atoms with Crippen LogP contribution in [0.2, 0.25) is 0 Å². The van der Waals surface area contributed by atoms with Gasteiger partial charge in [-0.2, -0.15) is 0 Å². The lowest BCUT2D eigenvalue weighted by molar-refractivity contribution is -0.116. The van der Waals surface area contributed by atoms with E-state index in [0.717, 1.165) is 11.0 Å². The number of ketones is 1. The zero-order valence-electron chi connectivity index (χ0n) is 11.9. The molecule has 0 atom stereocenters. The molecule has 0 bridgehead atoms. The molecule has 3 rings (SSSR count). The van der Waals surface area contributed by atoms with Crippen molar-refractivity contribution in [3.63, 3.8) is 0 Å². The molecule has 0 spiro atoms. The lowest BCUT2D eigenvalue weighted by Crippen LogP contribution is -2.40. The molecule has 1 amide bonds. The summed E-state index contributed by atoms with van der Waals surface area (Å²) >= 11 is 0. The van der Waals surface area contributed by atoms with Crippen LogP contribution in [-0.2, 0) is 16.0 Å². The van der Waals surface area contributed by atoms with Crippen molar-refractivity contribution in [1.82, 2.24) is 14.9 Å². The van der Waals surface area contributed by atoms with Crippen LogP contribution in [0.4, 0.5) is 0 Å². The maximum absolute atomic E-state index is 12.4. The van der Waals surface area contributed by atoms with Gasteiger partial charge in [-0.15, -0.1) is 0 Å².